The Morgan fingerprint density at radius 3 is 2.61 bits per heavy atom. The fraction of sp³-hybridized carbons (Fsp3) is 0.588. The lowest BCUT2D eigenvalue weighted by Crippen LogP contribution is -2.42. The molecule has 2 rings (SSSR count). The van der Waals surface area contributed by atoms with Crippen molar-refractivity contribution >= 4 is 17.7 Å². The minimum absolute atomic E-state index is 0.621. The molecule has 1 fully saturated rings. The number of ether oxygens (including phenoxy) is 1. The molecular weight excluding hydrogens is 308 g/mol. The number of benzene rings is 1. The van der Waals surface area contributed by atoms with Crippen molar-refractivity contribution in [3.05, 3.63) is 29.8 Å². The average Bonchev–Trinajstić information content (AvgIpc) is 2.58. The van der Waals surface area contributed by atoms with Gasteiger partial charge in [-0.25, -0.2) is 4.99 Å². The third kappa shape index (κ3) is 6.71. The van der Waals surface area contributed by atoms with Gasteiger partial charge in [-0.15, -0.1) is 0 Å². The van der Waals surface area contributed by atoms with Crippen LogP contribution in [-0.4, -0.2) is 67.6 Å². The summed E-state index contributed by atoms with van der Waals surface area (Å²) in [6, 6.07) is 8.14. The Morgan fingerprint density at radius 1 is 1.26 bits per heavy atom. The highest BCUT2D eigenvalue weighted by Gasteiger charge is 2.11. The Morgan fingerprint density at radius 2 is 1.96 bits per heavy atom. The minimum Gasteiger partial charge on any atom is -0.494 e. The molecule has 6 heteroatoms. The molecule has 5 nitrogen and oxygen atoms in total. The van der Waals surface area contributed by atoms with Gasteiger partial charge < -0.3 is 20.3 Å². The van der Waals surface area contributed by atoms with Crippen molar-refractivity contribution in [3.8, 4) is 5.75 Å². The number of hydrogen-bond acceptors (Lipinski definition) is 4. The van der Waals surface area contributed by atoms with Crippen LogP contribution in [0.1, 0.15) is 12.0 Å². The second-order valence-electron chi connectivity index (χ2n) is 5.92. The Hall–Kier alpha value is -1.40. The van der Waals surface area contributed by atoms with E-state index in [4.69, 9.17) is 10.5 Å². The third-order valence-corrected chi connectivity index (χ3v) is 4.64. The minimum atomic E-state index is 0.621. The summed E-state index contributed by atoms with van der Waals surface area (Å²) in [6.07, 6.45) is 1.03. The van der Waals surface area contributed by atoms with E-state index in [-0.39, 0.29) is 0 Å². The summed E-state index contributed by atoms with van der Waals surface area (Å²) in [7, 11) is 4.15. The molecule has 23 heavy (non-hydrogen) atoms. The lowest BCUT2D eigenvalue weighted by molar-refractivity contribution is 0.281. The Labute approximate surface area is 143 Å². The normalized spacial score (nSPS) is 16.0. The van der Waals surface area contributed by atoms with Crippen LogP contribution in [-0.2, 0) is 6.54 Å². The average molecular weight is 337 g/mol. The van der Waals surface area contributed by atoms with Crippen LogP contribution in [0, 0.1) is 0 Å². The highest BCUT2D eigenvalue weighted by molar-refractivity contribution is 7.99. The summed E-state index contributed by atoms with van der Waals surface area (Å²) in [4.78, 5) is 8.84. The van der Waals surface area contributed by atoms with Gasteiger partial charge in [-0.05, 0) is 38.2 Å². The first-order valence-electron chi connectivity index (χ1n) is 8.14. The first kappa shape index (κ1) is 17.9. The molecule has 1 aliphatic rings. The van der Waals surface area contributed by atoms with Crippen molar-refractivity contribution < 1.29 is 4.74 Å². The predicted octanol–water partition coefficient (Wildman–Crippen LogP) is 1.88. The summed E-state index contributed by atoms with van der Waals surface area (Å²) in [5.74, 6) is 3.85. The van der Waals surface area contributed by atoms with E-state index in [9.17, 15) is 0 Å². The summed E-state index contributed by atoms with van der Waals surface area (Å²) < 4.78 is 5.73. The molecule has 0 unspecified atom stereocenters. The lowest BCUT2D eigenvalue weighted by Gasteiger charge is -2.27. The molecule has 0 aliphatic carbocycles. The Kier molecular flexibility index (Phi) is 7.55. The number of thioether (sulfide) groups is 1. The Balaban J connectivity index is 1.75. The number of hydrogen-bond donors (Lipinski definition) is 1. The molecule has 1 aliphatic heterocycles. The first-order valence-corrected chi connectivity index (χ1v) is 9.29. The van der Waals surface area contributed by atoms with E-state index in [2.05, 4.69) is 41.0 Å². The molecule has 0 radical (unpaired) electrons. The monoisotopic (exact) mass is 336 g/mol. The van der Waals surface area contributed by atoms with Gasteiger partial charge >= 0.3 is 0 Å². The SMILES string of the molecule is CN(C)CCCOc1ccc(CN=C(N)N2CCSCC2)cc1. The van der Waals surface area contributed by atoms with E-state index >= 15 is 0 Å². The maximum Gasteiger partial charge on any atom is 0.191 e. The van der Waals surface area contributed by atoms with Gasteiger partial charge in [0.25, 0.3) is 0 Å². The topological polar surface area (TPSA) is 54.1 Å². The fourth-order valence-corrected chi connectivity index (χ4v) is 3.23. The molecule has 2 N–H and O–H groups in total. The van der Waals surface area contributed by atoms with Gasteiger partial charge in [0.15, 0.2) is 5.96 Å². The van der Waals surface area contributed by atoms with Gasteiger partial charge in [0.2, 0.25) is 0 Å². The summed E-state index contributed by atoms with van der Waals surface area (Å²) in [5, 5.41) is 0. The van der Waals surface area contributed by atoms with Crippen molar-refractivity contribution in [2.24, 2.45) is 10.7 Å². The van der Waals surface area contributed by atoms with Crippen LogP contribution < -0.4 is 10.5 Å². The molecule has 0 bridgehead atoms. The quantitative estimate of drug-likeness (QED) is 0.468. The van der Waals surface area contributed by atoms with E-state index in [0.717, 1.165) is 55.5 Å². The first-order chi connectivity index (χ1) is 11.1. The van der Waals surface area contributed by atoms with Gasteiger partial charge in [-0.1, -0.05) is 12.1 Å². The van der Waals surface area contributed by atoms with Crippen LogP contribution in [0.3, 0.4) is 0 Å². The van der Waals surface area contributed by atoms with Crippen LogP contribution in [0.15, 0.2) is 29.3 Å². The largest absolute Gasteiger partial charge is 0.494 e. The summed E-state index contributed by atoms with van der Waals surface area (Å²) in [5.41, 5.74) is 7.22. The van der Waals surface area contributed by atoms with Crippen LogP contribution in [0.4, 0.5) is 0 Å². The van der Waals surface area contributed by atoms with Crippen molar-refractivity contribution in [2.75, 3.05) is 51.8 Å². The number of nitrogens with two attached hydrogens (primary N) is 1. The highest BCUT2D eigenvalue weighted by atomic mass is 32.2. The van der Waals surface area contributed by atoms with Crippen LogP contribution in [0.25, 0.3) is 0 Å². The molecular formula is C17H28N4OS. The van der Waals surface area contributed by atoms with Crippen LogP contribution in [0.5, 0.6) is 5.75 Å². The van der Waals surface area contributed by atoms with E-state index in [0.29, 0.717) is 12.5 Å². The standard InChI is InChI=1S/C17H28N4OS/c1-20(2)8-3-11-22-16-6-4-15(5-7-16)14-19-17(18)21-9-12-23-13-10-21/h4-7H,3,8-14H2,1-2H3,(H2,18,19). The maximum absolute atomic E-state index is 6.07. The van der Waals surface area contributed by atoms with Crippen molar-refractivity contribution in [1.29, 1.82) is 0 Å². The fourth-order valence-electron chi connectivity index (χ4n) is 2.33. The lowest BCUT2D eigenvalue weighted by atomic mass is 10.2. The molecule has 0 amide bonds. The van der Waals surface area contributed by atoms with E-state index in [1.807, 2.05) is 23.9 Å². The molecule has 0 aromatic heterocycles. The third-order valence-electron chi connectivity index (χ3n) is 3.70. The van der Waals surface area contributed by atoms with Crippen LogP contribution in [0.2, 0.25) is 0 Å². The molecule has 0 atom stereocenters. The van der Waals surface area contributed by atoms with Gasteiger partial charge in [-0.2, -0.15) is 11.8 Å². The summed E-state index contributed by atoms with van der Waals surface area (Å²) >= 11 is 1.97. The van der Waals surface area contributed by atoms with Gasteiger partial charge in [0.1, 0.15) is 5.75 Å². The van der Waals surface area contributed by atoms with Crippen molar-refractivity contribution in [3.63, 3.8) is 0 Å². The van der Waals surface area contributed by atoms with Crippen molar-refractivity contribution in [2.45, 2.75) is 13.0 Å². The number of aliphatic imine (C=N–C) groups is 1. The molecule has 1 heterocycles. The number of rotatable bonds is 7. The number of nitrogens with zero attached hydrogens (tertiary/aromatic N) is 3. The van der Waals surface area contributed by atoms with Gasteiger partial charge in [-0.3, -0.25) is 0 Å². The molecule has 128 valence electrons. The zero-order valence-corrected chi connectivity index (χ0v) is 15.0. The number of guanidine groups is 1. The van der Waals surface area contributed by atoms with Gasteiger partial charge in [0, 0.05) is 31.1 Å². The highest BCUT2D eigenvalue weighted by Crippen LogP contribution is 2.14. The van der Waals surface area contributed by atoms with E-state index in [1.165, 1.54) is 0 Å². The molecule has 0 spiro atoms. The van der Waals surface area contributed by atoms with Gasteiger partial charge in [0.05, 0.1) is 13.2 Å². The predicted molar refractivity (Wildman–Crippen MR) is 99.3 cm³/mol. The van der Waals surface area contributed by atoms with Crippen molar-refractivity contribution in [1.82, 2.24) is 9.80 Å². The molecule has 0 saturated carbocycles. The Bertz CT molecular complexity index is 484. The zero-order valence-electron chi connectivity index (χ0n) is 14.2. The maximum atomic E-state index is 6.07. The summed E-state index contributed by atoms with van der Waals surface area (Å²) in [6.45, 7) is 4.41. The second kappa shape index (κ2) is 9.67. The zero-order chi connectivity index (χ0) is 16.5. The van der Waals surface area contributed by atoms with Crippen LogP contribution >= 0.6 is 11.8 Å². The smallest absolute Gasteiger partial charge is 0.191 e. The van der Waals surface area contributed by atoms with E-state index < -0.39 is 0 Å². The second-order valence-corrected chi connectivity index (χ2v) is 7.15. The van der Waals surface area contributed by atoms with E-state index in [1.54, 1.807) is 0 Å². The molecule has 1 aromatic carbocycles. The molecule has 1 saturated heterocycles. The molecule has 1 aromatic rings.